The van der Waals surface area contributed by atoms with Crippen LogP contribution in [-0.4, -0.2) is 35.0 Å². The van der Waals surface area contributed by atoms with Crippen LogP contribution in [-0.2, 0) is 4.65 Å². The molecule has 0 amide bonds. The molecule has 1 aromatic heterocycles. The lowest BCUT2D eigenvalue weighted by atomic mass is 9.82. The molecule has 0 saturated heterocycles. The van der Waals surface area contributed by atoms with Crippen molar-refractivity contribution in [1.82, 2.24) is 5.16 Å². The van der Waals surface area contributed by atoms with Crippen molar-refractivity contribution >= 4 is 29.7 Å². The number of nitrogens with zero attached hydrogens (tertiary/aromatic N) is 1. The molecule has 2 aromatic rings. The van der Waals surface area contributed by atoms with Gasteiger partial charge in [-0.2, -0.15) is 0 Å². The molecule has 3 rings (SSSR count). The summed E-state index contributed by atoms with van der Waals surface area (Å²) < 4.78 is 11.1. The summed E-state index contributed by atoms with van der Waals surface area (Å²) in [6.45, 7) is 7.20. The van der Waals surface area contributed by atoms with E-state index in [1.165, 1.54) is 12.8 Å². The molecule has 22 heavy (non-hydrogen) atoms. The maximum absolute atomic E-state index is 10.1. The molecule has 1 radical (unpaired) electrons. The molecule has 0 unspecified atom stereocenters. The summed E-state index contributed by atoms with van der Waals surface area (Å²) in [5.41, 5.74) is 0.0313. The summed E-state index contributed by atoms with van der Waals surface area (Å²) in [7, 11) is 1.67. The number of aromatic nitrogens is 1. The molecule has 1 aliphatic rings. The van der Waals surface area contributed by atoms with E-state index in [-0.39, 0.29) is 0 Å². The van der Waals surface area contributed by atoms with Crippen molar-refractivity contribution in [2.24, 2.45) is 0 Å². The van der Waals surface area contributed by atoms with E-state index in [9.17, 15) is 5.11 Å². The molecule has 0 atom stereocenters. The average Bonchev–Trinajstić information content (AvgIpc) is 3.16. The second kappa shape index (κ2) is 5.28. The van der Waals surface area contributed by atoms with Crippen LogP contribution in [0.3, 0.4) is 0 Å². The SMILES string of the molecule is CC(C)(O)C(C)(C)O[B]c1ccc2onc(NC3CC3)c2c1. The van der Waals surface area contributed by atoms with E-state index >= 15 is 0 Å². The van der Waals surface area contributed by atoms with Gasteiger partial charge in [-0.1, -0.05) is 22.8 Å². The Hall–Kier alpha value is -1.53. The molecule has 5 nitrogen and oxygen atoms in total. The van der Waals surface area contributed by atoms with Crippen LogP contribution in [0.1, 0.15) is 40.5 Å². The van der Waals surface area contributed by atoms with Crippen LogP contribution in [0, 0.1) is 0 Å². The number of hydrogen-bond donors (Lipinski definition) is 2. The number of anilines is 1. The molecule has 1 heterocycles. The first-order valence-corrected chi connectivity index (χ1v) is 7.66. The van der Waals surface area contributed by atoms with Crippen LogP contribution in [0.2, 0.25) is 0 Å². The highest BCUT2D eigenvalue weighted by Gasteiger charge is 2.35. The molecule has 6 heteroatoms. The quantitative estimate of drug-likeness (QED) is 0.801. The maximum atomic E-state index is 10.1. The minimum absolute atomic E-state index is 0.520. The van der Waals surface area contributed by atoms with Gasteiger partial charge in [-0.15, -0.1) is 0 Å². The summed E-state index contributed by atoms with van der Waals surface area (Å²) in [5, 5.41) is 18.5. The number of fused-ring (bicyclic) bond motifs is 1. The third-order valence-electron chi connectivity index (χ3n) is 4.38. The average molecular weight is 301 g/mol. The molecule has 1 fully saturated rings. The Bertz CT molecular complexity index is 672. The van der Waals surface area contributed by atoms with Gasteiger partial charge in [0.15, 0.2) is 11.4 Å². The molecular weight excluding hydrogens is 279 g/mol. The highest BCUT2D eigenvalue weighted by Crippen LogP contribution is 2.29. The lowest BCUT2D eigenvalue weighted by Crippen LogP contribution is -2.49. The van der Waals surface area contributed by atoms with E-state index in [1.807, 2.05) is 32.0 Å². The minimum Gasteiger partial charge on any atom is -0.427 e. The van der Waals surface area contributed by atoms with Crippen LogP contribution in [0.25, 0.3) is 11.0 Å². The van der Waals surface area contributed by atoms with Gasteiger partial charge in [-0.05, 0) is 46.6 Å². The van der Waals surface area contributed by atoms with Crippen molar-refractivity contribution in [1.29, 1.82) is 0 Å². The lowest BCUT2D eigenvalue weighted by Gasteiger charge is -2.37. The fraction of sp³-hybridized carbons (Fsp3) is 0.562. The third kappa shape index (κ3) is 3.13. The van der Waals surface area contributed by atoms with Gasteiger partial charge in [0.2, 0.25) is 0 Å². The standard InChI is InChI=1S/C16H22BN2O3/c1-15(2,20)16(3,4)22-17-10-5-8-13-12(9-10)14(19-21-13)18-11-6-7-11/h5,8-9,11,20H,6-7H2,1-4H3,(H,18,19). The van der Waals surface area contributed by atoms with E-state index in [4.69, 9.17) is 9.18 Å². The summed E-state index contributed by atoms with van der Waals surface area (Å²) in [5.74, 6) is 0.787. The minimum atomic E-state index is -0.941. The van der Waals surface area contributed by atoms with Gasteiger partial charge in [0.25, 0.3) is 0 Å². The first-order chi connectivity index (χ1) is 10.3. The van der Waals surface area contributed by atoms with Crippen LogP contribution in [0.5, 0.6) is 0 Å². The smallest absolute Gasteiger partial charge is 0.330 e. The van der Waals surface area contributed by atoms with Gasteiger partial charge >= 0.3 is 7.48 Å². The van der Waals surface area contributed by atoms with Crippen molar-refractivity contribution in [3.8, 4) is 0 Å². The topological polar surface area (TPSA) is 67.5 Å². The van der Waals surface area contributed by atoms with Crippen LogP contribution >= 0.6 is 0 Å². The predicted molar refractivity (Wildman–Crippen MR) is 87.5 cm³/mol. The molecule has 2 N–H and O–H groups in total. The summed E-state index contributed by atoms with van der Waals surface area (Å²) in [6.07, 6.45) is 2.37. The fourth-order valence-electron chi connectivity index (χ4n) is 1.91. The predicted octanol–water partition coefficient (Wildman–Crippen LogP) is 2.21. The van der Waals surface area contributed by atoms with Crippen LogP contribution in [0.4, 0.5) is 5.82 Å². The Kier molecular flexibility index (Phi) is 3.69. The van der Waals surface area contributed by atoms with E-state index in [0.717, 1.165) is 22.2 Å². The normalized spacial score (nSPS) is 16.0. The second-order valence-electron chi connectivity index (χ2n) is 7.01. The number of rotatable bonds is 6. The number of hydrogen-bond acceptors (Lipinski definition) is 5. The first-order valence-electron chi connectivity index (χ1n) is 7.66. The van der Waals surface area contributed by atoms with E-state index in [1.54, 1.807) is 21.3 Å². The van der Waals surface area contributed by atoms with E-state index < -0.39 is 11.2 Å². The summed E-state index contributed by atoms with van der Waals surface area (Å²) in [6, 6.07) is 6.30. The van der Waals surface area contributed by atoms with Crippen LogP contribution < -0.4 is 10.8 Å². The van der Waals surface area contributed by atoms with Gasteiger partial charge in [-0.25, -0.2) is 0 Å². The Labute approximate surface area is 131 Å². The van der Waals surface area contributed by atoms with Gasteiger partial charge in [0.1, 0.15) is 0 Å². The lowest BCUT2D eigenvalue weighted by molar-refractivity contribution is -0.0893. The van der Waals surface area contributed by atoms with E-state index in [0.29, 0.717) is 6.04 Å². The largest absolute Gasteiger partial charge is 0.427 e. The summed E-state index contributed by atoms with van der Waals surface area (Å²) in [4.78, 5) is 0. The Morgan fingerprint density at radius 1 is 1.32 bits per heavy atom. The van der Waals surface area contributed by atoms with Crippen molar-refractivity contribution in [3.05, 3.63) is 18.2 Å². The van der Waals surface area contributed by atoms with Gasteiger partial charge in [-0.3, -0.25) is 0 Å². The number of benzene rings is 1. The third-order valence-corrected chi connectivity index (χ3v) is 4.38. The number of nitrogens with one attached hydrogen (secondary N) is 1. The highest BCUT2D eigenvalue weighted by molar-refractivity contribution is 6.47. The van der Waals surface area contributed by atoms with Crippen molar-refractivity contribution in [2.45, 2.75) is 57.8 Å². The van der Waals surface area contributed by atoms with Crippen LogP contribution in [0.15, 0.2) is 22.7 Å². The van der Waals surface area contributed by atoms with Gasteiger partial charge < -0.3 is 19.6 Å². The highest BCUT2D eigenvalue weighted by atomic mass is 16.5. The van der Waals surface area contributed by atoms with Crippen molar-refractivity contribution in [3.63, 3.8) is 0 Å². The van der Waals surface area contributed by atoms with Crippen molar-refractivity contribution < 1.29 is 14.3 Å². The van der Waals surface area contributed by atoms with Crippen molar-refractivity contribution in [2.75, 3.05) is 5.32 Å². The molecule has 1 aliphatic carbocycles. The Morgan fingerprint density at radius 3 is 2.68 bits per heavy atom. The molecule has 1 saturated carbocycles. The molecule has 117 valence electrons. The number of aliphatic hydroxyl groups is 1. The second-order valence-corrected chi connectivity index (χ2v) is 7.01. The molecule has 0 aliphatic heterocycles. The maximum Gasteiger partial charge on any atom is 0.330 e. The Balaban J connectivity index is 1.76. The fourth-order valence-corrected chi connectivity index (χ4v) is 1.91. The molecular formula is C16H22BN2O3. The molecule has 0 bridgehead atoms. The molecule has 0 spiro atoms. The summed E-state index contributed by atoms with van der Waals surface area (Å²) >= 11 is 0. The Morgan fingerprint density at radius 2 is 2.05 bits per heavy atom. The zero-order valence-electron chi connectivity index (χ0n) is 13.5. The van der Waals surface area contributed by atoms with E-state index in [2.05, 4.69) is 10.5 Å². The monoisotopic (exact) mass is 301 g/mol. The zero-order valence-corrected chi connectivity index (χ0v) is 13.5. The van der Waals surface area contributed by atoms with Gasteiger partial charge in [0.05, 0.1) is 16.6 Å². The first kappa shape index (κ1) is 15.4. The molecule has 1 aromatic carbocycles. The van der Waals surface area contributed by atoms with Gasteiger partial charge in [0, 0.05) is 6.04 Å². The zero-order chi connectivity index (χ0) is 16.0.